The van der Waals surface area contributed by atoms with Crippen molar-refractivity contribution < 1.29 is 31.6 Å². The van der Waals surface area contributed by atoms with Crippen molar-refractivity contribution in [1.82, 2.24) is 4.98 Å². The zero-order chi connectivity index (χ0) is 18.1. The van der Waals surface area contributed by atoms with Gasteiger partial charge in [-0.15, -0.1) is 0 Å². The average Bonchev–Trinajstić information content (AvgIpc) is 2.96. The third-order valence-corrected chi connectivity index (χ3v) is 4.60. The first-order valence-corrected chi connectivity index (χ1v) is 8.21. The summed E-state index contributed by atoms with van der Waals surface area (Å²) in [5, 5.41) is 22.4. The smallest absolute Gasteiger partial charge is 0.397 e. The zero-order valence-corrected chi connectivity index (χ0v) is 15.9. The highest BCUT2D eigenvalue weighted by atomic mass is 79.9. The van der Waals surface area contributed by atoms with E-state index in [1.54, 1.807) is 18.3 Å². The number of hydrogen-bond donors (Lipinski definition) is 1. The minimum Gasteiger partial charge on any atom is -1.00 e. The third kappa shape index (κ3) is 3.41. The number of aliphatic hydroxyl groups is 1. The molecule has 4 rings (SSSR count). The van der Waals surface area contributed by atoms with E-state index < -0.39 is 10.6 Å². The molecule has 2 aromatic carbocycles. The lowest BCUT2D eigenvalue weighted by molar-refractivity contribution is -0.685. The molecule has 3 aromatic rings. The van der Waals surface area contributed by atoms with Gasteiger partial charge in [0.05, 0.1) is 17.7 Å². The molecule has 0 saturated heterocycles. The molecule has 0 unspecified atom stereocenters. The SMILES string of the molecule is O=[N+]([O-])c1ccc([C@]2(O)C[n+]3cccnc3N2Cc2ccccc2)cc1.[Br-]. The van der Waals surface area contributed by atoms with Crippen LogP contribution >= 0.6 is 0 Å². The number of nitrogens with zero attached hydrogens (tertiary/aromatic N) is 4. The molecule has 0 fully saturated rings. The fraction of sp³-hybridized carbons (Fsp3) is 0.158. The van der Waals surface area contributed by atoms with Gasteiger partial charge in [-0.05, 0) is 17.7 Å². The van der Waals surface area contributed by atoms with Crippen LogP contribution in [0.2, 0.25) is 0 Å². The van der Waals surface area contributed by atoms with Gasteiger partial charge in [0.1, 0.15) is 12.7 Å². The molecule has 1 aliphatic rings. The molecule has 8 heteroatoms. The average molecular weight is 429 g/mol. The lowest BCUT2D eigenvalue weighted by Crippen LogP contribution is -3.00. The summed E-state index contributed by atoms with van der Waals surface area (Å²) in [4.78, 5) is 16.7. The number of anilines is 1. The van der Waals surface area contributed by atoms with E-state index in [-0.39, 0.29) is 22.7 Å². The number of aromatic nitrogens is 2. The van der Waals surface area contributed by atoms with Crippen LogP contribution in [0.25, 0.3) is 0 Å². The normalized spacial score (nSPS) is 17.9. The van der Waals surface area contributed by atoms with Crippen molar-refractivity contribution in [3.05, 3.63) is 94.3 Å². The Morgan fingerprint density at radius 2 is 1.85 bits per heavy atom. The Hall–Kier alpha value is -2.84. The maximum atomic E-state index is 11.5. The van der Waals surface area contributed by atoms with Gasteiger partial charge < -0.3 is 22.1 Å². The molecule has 0 saturated carbocycles. The summed E-state index contributed by atoms with van der Waals surface area (Å²) in [5.74, 6) is 0.650. The molecule has 0 aliphatic carbocycles. The van der Waals surface area contributed by atoms with Crippen molar-refractivity contribution in [2.24, 2.45) is 0 Å². The van der Waals surface area contributed by atoms with E-state index >= 15 is 0 Å². The summed E-state index contributed by atoms with van der Waals surface area (Å²) in [6, 6.07) is 17.6. The predicted octanol–water partition coefficient (Wildman–Crippen LogP) is -0.853. The molecule has 2 heterocycles. The molecular formula is C19H17BrN4O3. The van der Waals surface area contributed by atoms with Gasteiger partial charge in [0.25, 0.3) is 5.69 Å². The van der Waals surface area contributed by atoms with Crippen molar-refractivity contribution in [2.75, 3.05) is 4.90 Å². The van der Waals surface area contributed by atoms with Crippen LogP contribution < -0.4 is 26.4 Å². The molecule has 1 aliphatic heterocycles. The summed E-state index contributed by atoms with van der Waals surface area (Å²) in [6.45, 7) is 0.756. The summed E-state index contributed by atoms with van der Waals surface area (Å²) in [7, 11) is 0. The lowest BCUT2D eigenvalue weighted by Gasteiger charge is -2.28. The summed E-state index contributed by atoms with van der Waals surface area (Å²) < 4.78 is 1.88. The minimum atomic E-state index is -1.34. The van der Waals surface area contributed by atoms with Gasteiger partial charge in [0, 0.05) is 23.8 Å². The Balaban J connectivity index is 0.00000210. The second-order valence-electron chi connectivity index (χ2n) is 6.24. The number of nitro benzene ring substituents is 1. The molecule has 0 spiro atoms. The molecule has 27 heavy (non-hydrogen) atoms. The first kappa shape index (κ1) is 18.9. The van der Waals surface area contributed by atoms with E-state index in [4.69, 9.17) is 0 Å². The fourth-order valence-corrected chi connectivity index (χ4v) is 3.29. The second-order valence-corrected chi connectivity index (χ2v) is 6.24. The van der Waals surface area contributed by atoms with Crippen LogP contribution in [-0.4, -0.2) is 15.0 Å². The van der Waals surface area contributed by atoms with Crippen LogP contribution in [0.1, 0.15) is 11.1 Å². The lowest BCUT2D eigenvalue weighted by atomic mass is 10.0. The summed E-state index contributed by atoms with van der Waals surface area (Å²) in [6.07, 6.45) is 3.55. The molecule has 1 aromatic heterocycles. The Kier molecular flexibility index (Phi) is 5.20. The molecule has 7 nitrogen and oxygen atoms in total. The maximum absolute atomic E-state index is 11.5. The van der Waals surface area contributed by atoms with Crippen molar-refractivity contribution in [3.8, 4) is 0 Å². The Morgan fingerprint density at radius 3 is 2.52 bits per heavy atom. The molecule has 0 radical (unpaired) electrons. The van der Waals surface area contributed by atoms with Crippen LogP contribution in [0, 0.1) is 10.1 Å². The first-order chi connectivity index (χ1) is 12.6. The third-order valence-electron chi connectivity index (χ3n) is 4.60. The molecular weight excluding hydrogens is 412 g/mol. The highest BCUT2D eigenvalue weighted by Gasteiger charge is 2.51. The number of fused-ring (bicyclic) bond motifs is 1. The van der Waals surface area contributed by atoms with Crippen LogP contribution in [-0.2, 0) is 18.8 Å². The van der Waals surface area contributed by atoms with Crippen molar-refractivity contribution >= 4 is 11.6 Å². The van der Waals surface area contributed by atoms with Crippen molar-refractivity contribution in [3.63, 3.8) is 0 Å². The van der Waals surface area contributed by atoms with Gasteiger partial charge in [-0.3, -0.25) is 10.1 Å². The van der Waals surface area contributed by atoms with E-state index in [0.29, 0.717) is 24.6 Å². The topological polar surface area (TPSA) is 83.4 Å². The molecule has 0 bridgehead atoms. The van der Waals surface area contributed by atoms with Crippen LogP contribution in [0.3, 0.4) is 0 Å². The zero-order valence-electron chi connectivity index (χ0n) is 14.3. The monoisotopic (exact) mass is 428 g/mol. The number of halogens is 1. The number of rotatable bonds is 4. The van der Waals surface area contributed by atoms with Gasteiger partial charge >= 0.3 is 5.95 Å². The minimum absolute atomic E-state index is 0. The second kappa shape index (κ2) is 7.42. The Labute approximate surface area is 166 Å². The molecule has 1 N–H and O–H groups in total. The van der Waals surface area contributed by atoms with E-state index in [1.165, 1.54) is 12.1 Å². The van der Waals surface area contributed by atoms with Gasteiger partial charge in [0.2, 0.25) is 5.72 Å². The molecule has 138 valence electrons. The van der Waals surface area contributed by atoms with E-state index in [9.17, 15) is 15.2 Å². The van der Waals surface area contributed by atoms with Crippen molar-refractivity contribution in [1.29, 1.82) is 0 Å². The standard InChI is InChI=1S/C19H17N4O3.BrH/c24-19(16-7-9-17(10-8-16)23(25)26)14-21-12-4-11-20-18(21)22(19)13-15-5-2-1-3-6-15;/h1-12,24H,13-14H2;1H/q+1;/p-1/t19-;/m1./s1. The van der Waals surface area contributed by atoms with Gasteiger partial charge in [-0.2, -0.15) is 0 Å². The number of non-ortho nitro benzene ring substituents is 1. The number of hydrogen-bond acceptors (Lipinski definition) is 5. The Bertz CT molecular complexity index is 953. The largest absolute Gasteiger partial charge is 1.00 e. The predicted molar refractivity (Wildman–Crippen MR) is 94.1 cm³/mol. The molecule has 1 atom stereocenters. The van der Waals surface area contributed by atoms with Crippen molar-refractivity contribution in [2.45, 2.75) is 18.8 Å². The number of benzene rings is 2. The maximum Gasteiger partial charge on any atom is 0.397 e. The Morgan fingerprint density at radius 1 is 1.15 bits per heavy atom. The van der Waals surface area contributed by atoms with Crippen LogP contribution in [0.15, 0.2) is 73.1 Å². The number of nitro groups is 1. The van der Waals surface area contributed by atoms with Crippen LogP contribution in [0.4, 0.5) is 11.6 Å². The quantitative estimate of drug-likeness (QED) is 0.332. The summed E-state index contributed by atoms with van der Waals surface area (Å²) >= 11 is 0. The summed E-state index contributed by atoms with van der Waals surface area (Å²) in [5.41, 5.74) is 0.275. The first-order valence-electron chi connectivity index (χ1n) is 8.21. The van der Waals surface area contributed by atoms with Gasteiger partial charge in [-0.1, -0.05) is 35.3 Å². The molecule has 0 amide bonds. The highest BCUT2D eigenvalue weighted by molar-refractivity contribution is 5.42. The fourth-order valence-electron chi connectivity index (χ4n) is 3.29. The van der Waals surface area contributed by atoms with E-state index in [1.807, 2.05) is 52.1 Å². The van der Waals surface area contributed by atoms with Gasteiger partial charge in [-0.25, -0.2) is 9.47 Å². The van der Waals surface area contributed by atoms with Gasteiger partial charge in [0.15, 0.2) is 0 Å². The van der Waals surface area contributed by atoms with E-state index in [0.717, 1.165) is 5.56 Å². The van der Waals surface area contributed by atoms with Crippen LogP contribution in [0.5, 0.6) is 0 Å². The highest BCUT2D eigenvalue weighted by Crippen LogP contribution is 2.35. The van der Waals surface area contributed by atoms with E-state index in [2.05, 4.69) is 4.98 Å².